The lowest BCUT2D eigenvalue weighted by atomic mass is 9.80. The van der Waals surface area contributed by atoms with E-state index in [9.17, 15) is 0 Å². The highest BCUT2D eigenvalue weighted by atomic mass is 32.1. The molecule has 3 aromatic rings. The maximum absolute atomic E-state index is 9.13. The third-order valence-corrected chi connectivity index (χ3v) is 3.72. The number of pyridine rings is 1. The van der Waals surface area contributed by atoms with Crippen LogP contribution in [0.3, 0.4) is 0 Å². The Morgan fingerprint density at radius 3 is 2.56 bits per heavy atom. The summed E-state index contributed by atoms with van der Waals surface area (Å²) >= 11 is 1.57. The maximum atomic E-state index is 9.13. The molecule has 2 aromatic heterocycles. The second kappa shape index (κ2) is 4.49. The van der Waals surface area contributed by atoms with Gasteiger partial charge in [0.05, 0.1) is 10.2 Å². The van der Waals surface area contributed by atoms with E-state index in [1.807, 2.05) is 18.2 Å². The fourth-order valence-corrected chi connectivity index (χ4v) is 2.67. The lowest BCUT2D eigenvalue weighted by Gasteiger charge is -1.96. The van der Waals surface area contributed by atoms with Gasteiger partial charge in [-0.1, -0.05) is 6.07 Å². The van der Waals surface area contributed by atoms with E-state index in [2.05, 4.69) is 9.97 Å². The van der Waals surface area contributed by atoms with Crippen molar-refractivity contribution in [3.63, 3.8) is 0 Å². The van der Waals surface area contributed by atoms with E-state index in [0.717, 1.165) is 20.8 Å². The van der Waals surface area contributed by atoms with Crippen LogP contribution in [0.2, 0.25) is 0 Å². The molecule has 0 unspecified atom stereocenters. The lowest BCUT2D eigenvalue weighted by Crippen LogP contribution is -2.29. The number of hydrogen-bond acceptors (Lipinski definition) is 5. The standard InChI is InChI=1S/C12H9BN2O2S/c16-13(17)9-1-2-11-10(7-9)15-12(18-11)8-3-5-14-6-4-8/h1-7,16-17H. The number of nitrogens with zero attached hydrogens (tertiary/aromatic N) is 2. The number of aromatic nitrogens is 2. The molecule has 88 valence electrons. The Hall–Kier alpha value is -1.76. The summed E-state index contributed by atoms with van der Waals surface area (Å²) < 4.78 is 1.02. The monoisotopic (exact) mass is 256 g/mol. The van der Waals surface area contributed by atoms with Crippen LogP contribution >= 0.6 is 11.3 Å². The van der Waals surface area contributed by atoms with E-state index in [1.165, 1.54) is 0 Å². The summed E-state index contributed by atoms with van der Waals surface area (Å²) in [6, 6.07) is 9.05. The third kappa shape index (κ3) is 2.01. The van der Waals surface area contributed by atoms with Crippen molar-refractivity contribution in [3.8, 4) is 10.6 Å². The molecule has 3 rings (SSSR count). The first-order valence-corrected chi connectivity index (χ1v) is 6.23. The molecule has 2 N–H and O–H groups in total. The number of benzene rings is 1. The molecule has 1 aromatic carbocycles. The quantitative estimate of drug-likeness (QED) is 0.672. The van der Waals surface area contributed by atoms with Crippen molar-refractivity contribution in [2.45, 2.75) is 0 Å². The summed E-state index contributed by atoms with van der Waals surface area (Å²) in [7, 11) is -1.46. The number of rotatable bonds is 2. The Kier molecular flexibility index (Phi) is 2.83. The van der Waals surface area contributed by atoms with Crippen LogP contribution in [-0.2, 0) is 0 Å². The average Bonchev–Trinajstić information content (AvgIpc) is 2.82. The van der Waals surface area contributed by atoms with Crippen LogP contribution in [0.4, 0.5) is 0 Å². The highest BCUT2D eigenvalue weighted by molar-refractivity contribution is 7.21. The summed E-state index contributed by atoms with van der Waals surface area (Å²) in [4.78, 5) is 8.47. The molecule has 0 amide bonds. The molecule has 2 heterocycles. The summed E-state index contributed by atoms with van der Waals surface area (Å²) in [5.41, 5.74) is 2.24. The summed E-state index contributed by atoms with van der Waals surface area (Å²) in [5, 5.41) is 19.2. The van der Waals surface area contributed by atoms with Crippen LogP contribution in [0.15, 0.2) is 42.7 Å². The molecule has 0 spiro atoms. The first-order valence-electron chi connectivity index (χ1n) is 5.41. The van der Waals surface area contributed by atoms with E-state index < -0.39 is 7.12 Å². The molecule has 0 aliphatic carbocycles. The van der Waals surface area contributed by atoms with E-state index in [0.29, 0.717) is 5.46 Å². The Morgan fingerprint density at radius 1 is 1.06 bits per heavy atom. The number of fused-ring (bicyclic) bond motifs is 1. The predicted molar refractivity (Wildman–Crippen MR) is 72.7 cm³/mol. The van der Waals surface area contributed by atoms with Crippen molar-refractivity contribution in [2.24, 2.45) is 0 Å². The van der Waals surface area contributed by atoms with Crippen molar-refractivity contribution in [3.05, 3.63) is 42.7 Å². The first kappa shape index (κ1) is 11.3. The highest BCUT2D eigenvalue weighted by Crippen LogP contribution is 2.28. The van der Waals surface area contributed by atoms with Crippen molar-refractivity contribution in [1.29, 1.82) is 0 Å². The minimum Gasteiger partial charge on any atom is -0.423 e. The molecule has 0 radical (unpaired) electrons. The van der Waals surface area contributed by atoms with Crippen molar-refractivity contribution in [1.82, 2.24) is 9.97 Å². The molecule has 18 heavy (non-hydrogen) atoms. The van der Waals surface area contributed by atoms with Crippen LogP contribution in [0.5, 0.6) is 0 Å². The molecule has 0 fully saturated rings. The van der Waals surface area contributed by atoms with E-state index in [-0.39, 0.29) is 0 Å². The minimum absolute atomic E-state index is 0.453. The minimum atomic E-state index is -1.46. The first-order chi connectivity index (χ1) is 8.74. The zero-order chi connectivity index (χ0) is 12.5. The second-order valence-corrected chi connectivity index (χ2v) is 4.89. The molecule has 0 saturated heterocycles. The largest absolute Gasteiger partial charge is 0.488 e. The highest BCUT2D eigenvalue weighted by Gasteiger charge is 2.13. The van der Waals surface area contributed by atoms with Crippen LogP contribution in [0, 0.1) is 0 Å². The number of thiazole rings is 1. The summed E-state index contributed by atoms with van der Waals surface area (Å²) in [6.45, 7) is 0. The summed E-state index contributed by atoms with van der Waals surface area (Å²) in [6.07, 6.45) is 3.45. The Labute approximate surface area is 108 Å². The molecular weight excluding hydrogens is 247 g/mol. The Morgan fingerprint density at radius 2 is 1.83 bits per heavy atom. The summed E-state index contributed by atoms with van der Waals surface area (Å²) in [5.74, 6) is 0. The third-order valence-electron chi connectivity index (χ3n) is 2.64. The molecule has 0 aliphatic heterocycles. The van der Waals surface area contributed by atoms with Gasteiger partial charge in [-0.3, -0.25) is 4.98 Å². The van der Waals surface area contributed by atoms with Gasteiger partial charge in [0.25, 0.3) is 0 Å². The van der Waals surface area contributed by atoms with Crippen molar-refractivity contribution < 1.29 is 10.0 Å². The smallest absolute Gasteiger partial charge is 0.423 e. The molecular formula is C12H9BN2O2S. The topological polar surface area (TPSA) is 66.2 Å². The van der Waals surface area contributed by atoms with Crippen molar-refractivity contribution in [2.75, 3.05) is 0 Å². The zero-order valence-electron chi connectivity index (χ0n) is 9.32. The van der Waals surface area contributed by atoms with Gasteiger partial charge < -0.3 is 10.0 Å². The van der Waals surface area contributed by atoms with E-state index in [1.54, 1.807) is 35.9 Å². The lowest BCUT2D eigenvalue weighted by molar-refractivity contribution is 0.426. The van der Waals surface area contributed by atoms with Gasteiger partial charge in [0, 0.05) is 18.0 Å². The van der Waals surface area contributed by atoms with Gasteiger partial charge in [-0.05, 0) is 29.7 Å². The van der Waals surface area contributed by atoms with Crippen LogP contribution in [0.25, 0.3) is 20.8 Å². The van der Waals surface area contributed by atoms with Gasteiger partial charge in [-0.15, -0.1) is 11.3 Å². The van der Waals surface area contributed by atoms with Gasteiger partial charge in [0.2, 0.25) is 0 Å². The predicted octanol–water partition coefficient (Wildman–Crippen LogP) is 1.04. The van der Waals surface area contributed by atoms with Crippen molar-refractivity contribution >= 4 is 34.1 Å². The SMILES string of the molecule is OB(O)c1ccc2sc(-c3ccncc3)nc2c1. The van der Waals surface area contributed by atoms with Crippen LogP contribution in [0.1, 0.15) is 0 Å². The fraction of sp³-hybridized carbons (Fsp3) is 0. The number of hydrogen-bond donors (Lipinski definition) is 2. The molecule has 0 saturated carbocycles. The average molecular weight is 256 g/mol. The molecule has 0 aliphatic rings. The fourth-order valence-electron chi connectivity index (χ4n) is 1.72. The van der Waals surface area contributed by atoms with Gasteiger partial charge in [-0.25, -0.2) is 4.98 Å². The zero-order valence-corrected chi connectivity index (χ0v) is 10.1. The van der Waals surface area contributed by atoms with Gasteiger partial charge in [0.1, 0.15) is 5.01 Å². The maximum Gasteiger partial charge on any atom is 0.488 e. The van der Waals surface area contributed by atoms with Gasteiger partial charge in [-0.2, -0.15) is 0 Å². The molecule has 0 atom stereocenters. The molecule has 6 heteroatoms. The van der Waals surface area contributed by atoms with Gasteiger partial charge in [0.15, 0.2) is 0 Å². The van der Waals surface area contributed by atoms with Gasteiger partial charge >= 0.3 is 7.12 Å². The van der Waals surface area contributed by atoms with Crippen LogP contribution in [-0.4, -0.2) is 27.1 Å². The van der Waals surface area contributed by atoms with E-state index >= 15 is 0 Å². The molecule has 0 bridgehead atoms. The second-order valence-electron chi connectivity index (χ2n) is 3.86. The van der Waals surface area contributed by atoms with Crippen LogP contribution < -0.4 is 5.46 Å². The Balaban J connectivity index is 2.11. The Bertz CT molecular complexity index is 685. The molecule has 4 nitrogen and oxygen atoms in total. The van der Waals surface area contributed by atoms with E-state index in [4.69, 9.17) is 10.0 Å². The normalized spacial score (nSPS) is 10.8.